The normalized spacial score (nSPS) is 16.6. The highest BCUT2D eigenvalue weighted by Crippen LogP contribution is 2.45. The minimum Gasteiger partial charge on any atom is -0.465 e. The molecule has 1 fully saturated rings. The Morgan fingerprint density at radius 1 is 0.972 bits per heavy atom. The minimum atomic E-state index is -0.931. The third kappa shape index (κ3) is 4.64. The maximum absolute atomic E-state index is 13.2. The van der Waals surface area contributed by atoms with Crippen LogP contribution in [-0.2, 0) is 6.54 Å². The lowest BCUT2D eigenvalue weighted by Gasteiger charge is -2.33. The molecule has 2 heterocycles. The summed E-state index contributed by atoms with van der Waals surface area (Å²) < 4.78 is 0. The zero-order chi connectivity index (χ0) is 25.4. The van der Waals surface area contributed by atoms with Crippen molar-refractivity contribution in [2.24, 2.45) is 0 Å². The molecule has 2 aliphatic heterocycles. The molecule has 0 spiro atoms. The molecule has 2 aliphatic rings. The Hall–Kier alpha value is -3.19. The van der Waals surface area contributed by atoms with Crippen LogP contribution < -0.4 is 10.2 Å². The Morgan fingerprint density at radius 3 is 2.42 bits per heavy atom. The Kier molecular flexibility index (Phi) is 6.84. The van der Waals surface area contributed by atoms with E-state index in [2.05, 4.69) is 5.32 Å². The van der Waals surface area contributed by atoms with Crippen LogP contribution >= 0.6 is 34.8 Å². The maximum Gasteiger partial charge on any atom is 0.407 e. The fourth-order valence-electron chi connectivity index (χ4n) is 4.76. The Balaban J connectivity index is 1.72. The van der Waals surface area contributed by atoms with Gasteiger partial charge in [-0.15, -0.1) is 0 Å². The van der Waals surface area contributed by atoms with Crippen molar-refractivity contribution < 1.29 is 14.7 Å². The lowest BCUT2D eigenvalue weighted by atomic mass is 9.92. The number of benzene rings is 3. The molecule has 0 atom stereocenters. The van der Waals surface area contributed by atoms with Crippen LogP contribution in [0.4, 0.5) is 21.0 Å². The summed E-state index contributed by atoms with van der Waals surface area (Å²) in [6.07, 6.45) is 2.61. The summed E-state index contributed by atoms with van der Waals surface area (Å²) >= 11 is 19.6. The third-order valence-corrected chi connectivity index (χ3v) is 7.34. The van der Waals surface area contributed by atoms with Gasteiger partial charge in [0.25, 0.3) is 0 Å². The van der Waals surface area contributed by atoms with Gasteiger partial charge in [-0.1, -0.05) is 70.7 Å². The number of likely N-dealkylation sites (tertiary alicyclic amines) is 1. The number of para-hydroxylation sites is 1. The lowest BCUT2D eigenvalue weighted by Crippen LogP contribution is -2.41. The van der Waals surface area contributed by atoms with E-state index < -0.39 is 6.09 Å². The number of piperidine rings is 1. The number of carbonyl (C=O) groups is 2. The Morgan fingerprint density at radius 2 is 1.69 bits per heavy atom. The summed E-state index contributed by atoms with van der Waals surface area (Å²) in [4.78, 5) is 27.6. The van der Waals surface area contributed by atoms with Crippen molar-refractivity contribution in [3.63, 3.8) is 0 Å². The molecule has 0 bridgehead atoms. The molecule has 0 saturated carbocycles. The fraction of sp³-hybridized carbons (Fsp3) is 0.185. The fourth-order valence-corrected chi connectivity index (χ4v) is 5.57. The van der Waals surface area contributed by atoms with Gasteiger partial charge in [0.15, 0.2) is 0 Å². The first kappa shape index (κ1) is 24.5. The van der Waals surface area contributed by atoms with Crippen LogP contribution in [0.25, 0.3) is 17.2 Å². The average Bonchev–Trinajstić information content (AvgIpc) is 2.85. The van der Waals surface area contributed by atoms with Crippen LogP contribution in [0.5, 0.6) is 0 Å². The SMILES string of the molecule is O=C(O)N1CCCC(=Cc2cc(-c3ccccc3Cl)c3c(c2)N(c2c(Cl)cccc2Cl)C(=O)NC3)C1. The second-order valence-electron chi connectivity index (χ2n) is 8.72. The third-order valence-electron chi connectivity index (χ3n) is 6.40. The van der Waals surface area contributed by atoms with Gasteiger partial charge in [0.05, 0.1) is 21.4 Å². The number of fused-ring (bicyclic) bond motifs is 1. The summed E-state index contributed by atoms with van der Waals surface area (Å²) in [5.74, 6) is 0. The number of amides is 3. The number of rotatable bonds is 3. The van der Waals surface area contributed by atoms with Gasteiger partial charge in [0.2, 0.25) is 0 Å². The van der Waals surface area contributed by atoms with Gasteiger partial charge in [-0.2, -0.15) is 0 Å². The number of halogens is 3. The lowest BCUT2D eigenvalue weighted by molar-refractivity contribution is 0.144. The van der Waals surface area contributed by atoms with Crippen molar-refractivity contribution in [2.45, 2.75) is 19.4 Å². The number of carboxylic acid groups (broad SMARTS) is 1. The van der Waals surface area contributed by atoms with E-state index in [4.69, 9.17) is 34.8 Å². The number of carbonyl (C=O) groups excluding carboxylic acids is 1. The molecule has 0 aromatic heterocycles. The quantitative estimate of drug-likeness (QED) is 0.354. The van der Waals surface area contributed by atoms with Gasteiger partial charge in [-0.3, -0.25) is 4.90 Å². The van der Waals surface area contributed by atoms with E-state index in [1.54, 1.807) is 18.2 Å². The molecule has 0 unspecified atom stereocenters. The van der Waals surface area contributed by atoms with Crippen LogP contribution in [0.2, 0.25) is 15.1 Å². The van der Waals surface area contributed by atoms with Crippen molar-refractivity contribution in [1.82, 2.24) is 10.2 Å². The molecular formula is C27H22Cl3N3O3. The van der Waals surface area contributed by atoms with Gasteiger partial charge in [-0.25, -0.2) is 9.59 Å². The van der Waals surface area contributed by atoms with Crippen molar-refractivity contribution in [2.75, 3.05) is 18.0 Å². The molecule has 0 aliphatic carbocycles. The van der Waals surface area contributed by atoms with Crippen LogP contribution in [0, 0.1) is 0 Å². The van der Waals surface area contributed by atoms with Crippen LogP contribution in [0.15, 0.2) is 60.2 Å². The summed E-state index contributed by atoms with van der Waals surface area (Å²) in [5.41, 5.74) is 5.42. The van der Waals surface area contributed by atoms with E-state index in [1.165, 1.54) is 9.80 Å². The first-order chi connectivity index (χ1) is 17.3. The van der Waals surface area contributed by atoms with Gasteiger partial charge >= 0.3 is 12.1 Å². The number of nitrogens with one attached hydrogen (secondary N) is 1. The average molecular weight is 543 g/mol. The van der Waals surface area contributed by atoms with E-state index in [-0.39, 0.29) is 6.03 Å². The van der Waals surface area contributed by atoms with E-state index in [9.17, 15) is 14.7 Å². The molecule has 3 aromatic carbocycles. The standard InChI is InChI=1S/C27H22Cl3N3O3/c28-21-7-2-1-6-18(21)19-12-17(11-16-5-4-10-32(15-16)27(35)36)13-24-20(19)14-31-26(34)33(24)25-22(29)8-3-9-23(25)30/h1-3,6-9,11-13H,4-5,10,14-15H2,(H,31,34)(H,35,36). The van der Waals surface area contributed by atoms with Gasteiger partial charge in [0, 0.05) is 35.8 Å². The van der Waals surface area contributed by atoms with Crippen molar-refractivity contribution in [1.29, 1.82) is 0 Å². The largest absolute Gasteiger partial charge is 0.465 e. The van der Waals surface area contributed by atoms with Gasteiger partial charge < -0.3 is 15.3 Å². The van der Waals surface area contributed by atoms with E-state index in [1.807, 2.05) is 42.5 Å². The molecule has 9 heteroatoms. The number of hydrogen-bond donors (Lipinski definition) is 2. The van der Waals surface area contributed by atoms with E-state index in [0.717, 1.165) is 40.7 Å². The molecule has 1 saturated heterocycles. The molecule has 6 nitrogen and oxygen atoms in total. The number of anilines is 2. The number of hydrogen-bond acceptors (Lipinski definition) is 2. The van der Waals surface area contributed by atoms with Crippen LogP contribution in [0.3, 0.4) is 0 Å². The first-order valence-electron chi connectivity index (χ1n) is 11.4. The van der Waals surface area contributed by atoms with Crippen molar-refractivity contribution in [3.8, 4) is 11.1 Å². The molecule has 5 rings (SSSR count). The topological polar surface area (TPSA) is 72.9 Å². The zero-order valence-electron chi connectivity index (χ0n) is 19.1. The molecule has 0 radical (unpaired) electrons. The molecule has 184 valence electrons. The highest BCUT2D eigenvalue weighted by molar-refractivity contribution is 6.40. The molecule has 2 N–H and O–H groups in total. The maximum atomic E-state index is 13.2. The molecule has 3 amide bonds. The monoisotopic (exact) mass is 541 g/mol. The summed E-state index contributed by atoms with van der Waals surface area (Å²) in [6.45, 7) is 1.16. The van der Waals surface area contributed by atoms with Gasteiger partial charge in [-0.05, 0) is 54.3 Å². The number of urea groups is 1. The van der Waals surface area contributed by atoms with Crippen LogP contribution in [-0.4, -0.2) is 35.2 Å². The Labute approximate surface area is 223 Å². The van der Waals surface area contributed by atoms with E-state index in [0.29, 0.717) is 46.1 Å². The summed E-state index contributed by atoms with van der Waals surface area (Å²) in [6, 6.07) is 16.2. The number of nitrogens with zero attached hydrogens (tertiary/aromatic N) is 2. The van der Waals surface area contributed by atoms with E-state index >= 15 is 0 Å². The smallest absolute Gasteiger partial charge is 0.407 e. The minimum absolute atomic E-state index is 0.303. The van der Waals surface area contributed by atoms with Crippen LogP contribution in [0.1, 0.15) is 24.0 Å². The van der Waals surface area contributed by atoms with Crippen molar-refractivity contribution in [3.05, 3.63) is 86.4 Å². The predicted molar refractivity (Wildman–Crippen MR) is 145 cm³/mol. The zero-order valence-corrected chi connectivity index (χ0v) is 21.4. The first-order valence-corrected chi connectivity index (χ1v) is 12.6. The summed E-state index contributed by atoms with van der Waals surface area (Å²) in [5, 5.41) is 13.7. The highest BCUT2D eigenvalue weighted by atomic mass is 35.5. The Bertz CT molecular complexity index is 1390. The summed E-state index contributed by atoms with van der Waals surface area (Å²) in [7, 11) is 0. The van der Waals surface area contributed by atoms with Crippen molar-refractivity contribution >= 4 is 64.4 Å². The predicted octanol–water partition coefficient (Wildman–Crippen LogP) is 7.83. The molecule has 3 aromatic rings. The molecular weight excluding hydrogens is 521 g/mol. The second-order valence-corrected chi connectivity index (χ2v) is 9.94. The second kappa shape index (κ2) is 10.1. The van der Waals surface area contributed by atoms with Gasteiger partial charge in [0.1, 0.15) is 0 Å². The molecule has 36 heavy (non-hydrogen) atoms. The highest BCUT2D eigenvalue weighted by Gasteiger charge is 2.31.